The average Bonchev–Trinajstić information content (AvgIpc) is 2.87. The molecule has 1 fully saturated rings. The van der Waals surface area contributed by atoms with E-state index in [0.29, 0.717) is 24.2 Å². The molecule has 1 aliphatic heterocycles. The van der Waals surface area contributed by atoms with E-state index in [0.717, 1.165) is 13.1 Å². The third kappa shape index (κ3) is 2.77. The van der Waals surface area contributed by atoms with Crippen LogP contribution in [0, 0.1) is 6.92 Å². The molecule has 7 heteroatoms. The number of nitrogens with zero attached hydrogens (tertiary/aromatic N) is 2. The van der Waals surface area contributed by atoms with Gasteiger partial charge >= 0.3 is 0 Å². The predicted molar refractivity (Wildman–Crippen MR) is 73.8 cm³/mol. The Hall–Kier alpha value is -2.02. The molecule has 0 unspecified atom stereocenters. The van der Waals surface area contributed by atoms with E-state index in [2.05, 4.69) is 15.4 Å². The number of likely N-dealkylation sites (tertiary alicyclic amines) is 1. The lowest BCUT2D eigenvalue weighted by atomic mass is 9.86. The van der Waals surface area contributed by atoms with Crippen LogP contribution in [0.15, 0.2) is 21.9 Å². The molecule has 7 nitrogen and oxygen atoms in total. The van der Waals surface area contributed by atoms with E-state index in [4.69, 9.17) is 15.4 Å². The van der Waals surface area contributed by atoms with Crippen molar-refractivity contribution >= 4 is 11.7 Å². The van der Waals surface area contributed by atoms with Crippen molar-refractivity contribution in [3.05, 3.63) is 23.7 Å². The molecule has 20 heavy (non-hydrogen) atoms. The van der Waals surface area contributed by atoms with Crippen LogP contribution < -0.4 is 11.1 Å². The summed E-state index contributed by atoms with van der Waals surface area (Å²) in [6.07, 6.45) is 2.60. The summed E-state index contributed by atoms with van der Waals surface area (Å²) in [5.74, 6) is 0.425. The Morgan fingerprint density at radius 2 is 2.20 bits per heavy atom. The highest BCUT2D eigenvalue weighted by atomic mass is 16.4. The number of nitrogens with one attached hydrogen (secondary N) is 1. The SMILES string of the molecule is Cc1cc(C(=O)NC2(C(N)=NO)CCN(C)CC2)co1. The van der Waals surface area contributed by atoms with Gasteiger partial charge in [0, 0.05) is 13.1 Å². The van der Waals surface area contributed by atoms with Gasteiger partial charge in [-0.1, -0.05) is 5.16 Å². The fourth-order valence-electron chi connectivity index (χ4n) is 2.39. The van der Waals surface area contributed by atoms with Crippen molar-refractivity contribution in [2.45, 2.75) is 25.3 Å². The number of carbonyl (C=O) groups excluding carboxylic acids is 1. The molecule has 0 aromatic carbocycles. The predicted octanol–water partition coefficient (Wildman–Crippen LogP) is 0.529. The van der Waals surface area contributed by atoms with Crippen molar-refractivity contribution in [1.29, 1.82) is 0 Å². The summed E-state index contributed by atoms with van der Waals surface area (Å²) >= 11 is 0. The topological polar surface area (TPSA) is 104 Å². The second-order valence-electron chi connectivity index (χ2n) is 5.27. The van der Waals surface area contributed by atoms with Crippen LogP contribution in [0.4, 0.5) is 0 Å². The molecule has 0 atom stereocenters. The van der Waals surface area contributed by atoms with Gasteiger partial charge in [-0.2, -0.15) is 0 Å². The minimum absolute atomic E-state index is 0.0409. The van der Waals surface area contributed by atoms with Crippen LogP contribution in [0.25, 0.3) is 0 Å². The van der Waals surface area contributed by atoms with E-state index < -0.39 is 5.54 Å². The molecule has 1 amide bonds. The molecule has 1 saturated heterocycles. The molecule has 2 heterocycles. The minimum atomic E-state index is -0.802. The summed E-state index contributed by atoms with van der Waals surface area (Å²) < 4.78 is 5.13. The van der Waals surface area contributed by atoms with Crippen LogP contribution in [0.3, 0.4) is 0 Å². The standard InChI is InChI=1S/C13H20N4O3/c1-9-7-10(8-20-9)11(18)15-13(12(14)16-19)3-5-17(2)6-4-13/h7-8,19H,3-6H2,1-2H3,(H2,14,16)(H,15,18). The molecule has 1 aromatic rings. The summed E-state index contributed by atoms with van der Waals surface area (Å²) in [5.41, 5.74) is 5.44. The van der Waals surface area contributed by atoms with Gasteiger partial charge in [0.1, 0.15) is 17.6 Å². The third-order valence-electron chi connectivity index (χ3n) is 3.78. The molecule has 110 valence electrons. The fraction of sp³-hybridized carbons (Fsp3) is 0.538. The van der Waals surface area contributed by atoms with E-state index in [1.807, 2.05) is 7.05 Å². The maximum atomic E-state index is 12.3. The third-order valence-corrected chi connectivity index (χ3v) is 3.78. The first kappa shape index (κ1) is 14.4. The zero-order valence-corrected chi connectivity index (χ0v) is 11.7. The zero-order valence-electron chi connectivity index (χ0n) is 11.7. The lowest BCUT2D eigenvalue weighted by molar-refractivity contribution is 0.0885. The largest absolute Gasteiger partial charge is 0.469 e. The number of hydrogen-bond acceptors (Lipinski definition) is 5. The van der Waals surface area contributed by atoms with Crippen LogP contribution in [0.2, 0.25) is 0 Å². The smallest absolute Gasteiger partial charge is 0.255 e. The normalized spacial score (nSPS) is 19.8. The number of carbonyl (C=O) groups is 1. The Labute approximate surface area is 117 Å². The maximum Gasteiger partial charge on any atom is 0.255 e. The molecule has 0 spiro atoms. The van der Waals surface area contributed by atoms with Crippen molar-refractivity contribution in [3.63, 3.8) is 0 Å². The van der Waals surface area contributed by atoms with Gasteiger partial charge < -0.3 is 25.6 Å². The van der Waals surface area contributed by atoms with Crippen molar-refractivity contribution in [2.75, 3.05) is 20.1 Å². The molecule has 4 N–H and O–H groups in total. The van der Waals surface area contributed by atoms with Crippen LogP contribution in [0.1, 0.15) is 29.0 Å². The lowest BCUT2D eigenvalue weighted by Crippen LogP contribution is -2.62. The van der Waals surface area contributed by atoms with Gasteiger partial charge in [-0.05, 0) is 32.9 Å². The van der Waals surface area contributed by atoms with Gasteiger partial charge in [-0.15, -0.1) is 0 Å². The number of nitrogens with two attached hydrogens (primary N) is 1. The number of rotatable bonds is 3. The number of amidine groups is 1. The molecule has 0 aliphatic carbocycles. The maximum absolute atomic E-state index is 12.3. The first-order valence-corrected chi connectivity index (χ1v) is 6.51. The number of amides is 1. The Kier molecular flexibility index (Phi) is 3.99. The summed E-state index contributed by atoms with van der Waals surface area (Å²) in [6.45, 7) is 3.30. The van der Waals surface area contributed by atoms with Gasteiger partial charge in [0.05, 0.1) is 5.56 Å². The number of piperidine rings is 1. The molecular formula is C13H20N4O3. The number of hydrogen-bond donors (Lipinski definition) is 3. The van der Waals surface area contributed by atoms with E-state index in [1.54, 1.807) is 13.0 Å². The van der Waals surface area contributed by atoms with Gasteiger partial charge in [0.2, 0.25) is 0 Å². The van der Waals surface area contributed by atoms with E-state index in [9.17, 15) is 4.79 Å². The van der Waals surface area contributed by atoms with Crippen molar-refractivity contribution in [1.82, 2.24) is 10.2 Å². The first-order chi connectivity index (χ1) is 9.47. The molecular weight excluding hydrogens is 260 g/mol. The van der Waals surface area contributed by atoms with Crippen LogP contribution in [-0.4, -0.2) is 47.5 Å². The fourth-order valence-corrected chi connectivity index (χ4v) is 2.39. The van der Waals surface area contributed by atoms with Crippen molar-refractivity contribution in [2.24, 2.45) is 10.9 Å². The minimum Gasteiger partial charge on any atom is -0.469 e. The first-order valence-electron chi connectivity index (χ1n) is 6.51. The number of aryl methyl sites for hydroxylation is 1. The van der Waals surface area contributed by atoms with Crippen LogP contribution in [0.5, 0.6) is 0 Å². The van der Waals surface area contributed by atoms with Crippen LogP contribution in [-0.2, 0) is 0 Å². The highest BCUT2D eigenvalue weighted by Crippen LogP contribution is 2.23. The highest BCUT2D eigenvalue weighted by molar-refractivity contribution is 6.00. The molecule has 2 rings (SSSR count). The van der Waals surface area contributed by atoms with Crippen LogP contribution >= 0.6 is 0 Å². The Morgan fingerprint density at radius 1 is 1.55 bits per heavy atom. The van der Waals surface area contributed by atoms with E-state index in [-0.39, 0.29) is 11.7 Å². The molecule has 0 radical (unpaired) electrons. The number of furan rings is 1. The summed E-state index contributed by atoms with van der Waals surface area (Å²) in [7, 11) is 2.00. The monoisotopic (exact) mass is 280 g/mol. The highest BCUT2D eigenvalue weighted by Gasteiger charge is 2.39. The Morgan fingerprint density at radius 3 is 2.70 bits per heavy atom. The van der Waals surface area contributed by atoms with Gasteiger partial charge in [0.15, 0.2) is 5.84 Å². The Balaban J connectivity index is 2.18. The lowest BCUT2D eigenvalue weighted by Gasteiger charge is -2.40. The summed E-state index contributed by atoms with van der Waals surface area (Å²) in [4.78, 5) is 14.4. The summed E-state index contributed by atoms with van der Waals surface area (Å²) in [6, 6.07) is 1.66. The summed E-state index contributed by atoms with van der Waals surface area (Å²) in [5, 5.41) is 15.0. The van der Waals surface area contributed by atoms with Crippen molar-refractivity contribution in [3.8, 4) is 0 Å². The van der Waals surface area contributed by atoms with Crippen molar-refractivity contribution < 1.29 is 14.4 Å². The molecule has 1 aliphatic rings. The second kappa shape index (κ2) is 5.54. The molecule has 1 aromatic heterocycles. The van der Waals surface area contributed by atoms with E-state index in [1.165, 1.54) is 6.26 Å². The molecule has 0 saturated carbocycles. The van der Waals surface area contributed by atoms with Gasteiger partial charge in [-0.3, -0.25) is 4.79 Å². The van der Waals surface area contributed by atoms with Gasteiger partial charge in [-0.25, -0.2) is 0 Å². The second-order valence-corrected chi connectivity index (χ2v) is 5.27. The Bertz CT molecular complexity index is 515. The zero-order chi connectivity index (χ0) is 14.8. The molecule has 0 bridgehead atoms. The average molecular weight is 280 g/mol. The quantitative estimate of drug-likeness (QED) is 0.324. The van der Waals surface area contributed by atoms with E-state index >= 15 is 0 Å². The number of oxime groups is 1. The van der Waals surface area contributed by atoms with Gasteiger partial charge in [0.25, 0.3) is 5.91 Å².